The molecule has 0 saturated carbocycles. The fraction of sp³-hybridized carbons (Fsp3) is 0.357. The molecule has 0 spiro atoms. The molecule has 0 radical (unpaired) electrons. The number of amides is 3. The summed E-state index contributed by atoms with van der Waals surface area (Å²) in [5, 5.41) is 6.10. The van der Waals surface area contributed by atoms with Crippen molar-refractivity contribution in [3.8, 4) is 5.75 Å². The molecule has 9 nitrogen and oxygen atoms in total. The number of hydrogen-bond donors (Lipinski definition) is 2. The summed E-state index contributed by atoms with van der Waals surface area (Å²) in [6.45, 7) is 6.71. The molecule has 2 heterocycles. The van der Waals surface area contributed by atoms with E-state index >= 15 is 0 Å². The van der Waals surface area contributed by atoms with E-state index in [1.165, 1.54) is 0 Å². The summed E-state index contributed by atoms with van der Waals surface area (Å²) < 4.78 is 11.5. The third-order valence-corrected chi connectivity index (χ3v) is 7.28. The van der Waals surface area contributed by atoms with Gasteiger partial charge in [-0.25, -0.2) is 9.78 Å². The number of carbonyl (C=O) groups excluding carboxylic acids is 3. The number of aromatic nitrogens is 1. The number of hydrogen-bond acceptors (Lipinski definition) is 7. The lowest BCUT2D eigenvalue weighted by Gasteiger charge is -2.18. The highest BCUT2D eigenvalue weighted by atomic mass is 32.1. The van der Waals surface area contributed by atoms with Gasteiger partial charge in [0, 0.05) is 19.4 Å². The van der Waals surface area contributed by atoms with Crippen molar-refractivity contribution in [1.82, 2.24) is 15.2 Å². The lowest BCUT2D eigenvalue weighted by atomic mass is 10.1. The molecule has 0 bridgehead atoms. The van der Waals surface area contributed by atoms with Crippen molar-refractivity contribution in [2.24, 2.45) is 0 Å². The molecule has 3 aromatic rings. The van der Waals surface area contributed by atoms with Crippen molar-refractivity contribution in [3.63, 3.8) is 0 Å². The van der Waals surface area contributed by atoms with Crippen LogP contribution in [0.15, 0.2) is 54.6 Å². The lowest BCUT2D eigenvalue weighted by molar-refractivity contribution is -0.115. The normalized spacial score (nSPS) is 15.6. The molecular weight excluding hydrogens is 504 g/mol. The number of ether oxygens (including phenoxy) is 2. The Morgan fingerprint density at radius 1 is 1.13 bits per heavy atom. The van der Waals surface area contributed by atoms with E-state index in [4.69, 9.17) is 9.47 Å². The van der Waals surface area contributed by atoms with E-state index in [9.17, 15) is 14.4 Å². The highest BCUT2D eigenvalue weighted by Crippen LogP contribution is 2.25. The van der Waals surface area contributed by atoms with E-state index in [0.29, 0.717) is 41.0 Å². The second kappa shape index (κ2) is 12.6. The molecule has 1 aliphatic heterocycles. The van der Waals surface area contributed by atoms with Gasteiger partial charge >= 0.3 is 6.09 Å². The summed E-state index contributed by atoms with van der Waals surface area (Å²) >= 11 is 1.16. The Kier molecular flexibility index (Phi) is 8.96. The predicted octanol–water partition coefficient (Wildman–Crippen LogP) is 5.08. The zero-order valence-electron chi connectivity index (χ0n) is 21.7. The summed E-state index contributed by atoms with van der Waals surface area (Å²) in [5.41, 5.74) is 2.44. The molecule has 1 fully saturated rings. The van der Waals surface area contributed by atoms with Crippen LogP contribution in [0.4, 0.5) is 9.93 Å². The van der Waals surface area contributed by atoms with E-state index in [1.54, 1.807) is 18.7 Å². The fourth-order valence-corrected chi connectivity index (χ4v) is 4.93. The van der Waals surface area contributed by atoms with Crippen LogP contribution in [-0.4, -0.2) is 47.0 Å². The molecule has 1 aromatic heterocycles. The SMILES string of the molecule is CCC(=O)Nc1nc(C)c(C(=O)N[C@@H](C)c2ccc(OC3CCN(C(=O)OCc4ccccc4)C3)cc2)s1. The number of nitrogens with zero attached hydrogens (tertiary/aromatic N) is 2. The van der Waals surface area contributed by atoms with E-state index in [0.717, 1.165) is 28.9 Å². The molecule has 1 unspecified atom stereocenters. The minimum atomic E-state index is -0.337. The largest absolute Gasteiger partial charge is 0.489 e. The standard InChI is InChI=1S/C28H32N4O5S/c1-4-24(33)31-27-30-19(3)25(38-27)26(34)29-18(2)21-10-12-22(13-11-21)37-23-14-15-32(16-23)28(35)36-17-20-8-6-5-7-9-20/h5-13,18,23H,4,14-17H2,1-3H3,(H,29,34)(H,30,31,33)/t18-,23?/m0/s1. The van der Waals surface area contributed by atoms with Crippen molar-refractivity contribution < 1.29 is 23.9 Å². The molecule has 2 aromatic carbocycles. The maximum atomic E-state index is 12.8. The maximum Gasteiger partial charge on any atom is 0.410 e. The monoisotopic (exact) mass is 536 g/mol. The molecule has 3 amide bonds. The first-order chi connectivity index (χ1) is 18.3. The number of carbonyl (C=O) groups is 3. The Bertz CT molecular complexity index is 1260. The summed E-state index contributed by atoms with van der Waals surface area (Å²) in [6, 6.07) is 16.9. The van der Waals surface area contributed by atoms with Crippen LogP contribution in [0, 0.1) is 6.92 Å². The van der Waals surface area contributed by atoms with Crippen LogP contribution >= 0.6 is 11.3 Å². The molecule has 200 valence electrons. The van der Waals surface area contributed by atoms with E-state index in [-0.39, 0.29) is 36.7 Å². The summed E-state index contributed by atoms with van der Waals surface area (Å²) in [6.07, 6.45) is 0.621. The Morgan fingerprint density at radius 3 is 2.58 bits per heavy atom. The first kappa shape index (κ1) is 27.1. The van der Waals surface area contributed by atoms with Gasteiger partial charge < -0.3 is 25.0 Å². The topological polar surface area (TPSA) is 110 Å². The van der Waals surface area contributed by atoms with Crippen LogP contribution < -0.4 is 15.4 Å². The second-order valence-electron chi connectivity index (χ2n) is 9.11. The van der Waals surface area contributed by atoms with Gasteiger partial charge in [0.25, 0.3) is 5.91 Å². The highest BCUT2D eigenvalue weighted by Gasteiger charge is 2.28. The Morgan fingerprint density at radius 2 is 1.87 bits per heavy atom. The van der Waals surface area contributed by atoms with Crippen molar-refractivity contribution in [1.29, 1.82) is 0 Å². The molecule has 2 N–H and O–H groups in total. The summed E-state index contributed by atoms with van der Waals surface area (Å²) in [7, 11) is 0. The van der Waals surface area contributed by atoms with Crippen LogP contribution in [0.5, 0.6) is 5.75 Å². The van der Waals surface area contributed by atoms with Gasteiger partial charge in [0.15, 0.2) is 5.13 Å². The molecule has 10 heteroatoms. The third-order valence-electron chi connectivity index (χ3n) is 6.21. The quantitative estimate of drug-likeness (QED) is 0.395. The molecular formula is C28H32N4O5S. The molecule has 2 atom stereocenters. The van der Waals surface area contributed by atoms with Gasteiger partial charge in [0.2, 0.25) is 5.91 Å². The van der Waals surface area contributed by atoms with Gasteiger partial charge in [0.05, 0.1) is 18.3 Å². The van der Waals surface area contributed by atoms with E-state index in [2.05, 4.69) is 15.6 Å². The van der Waals surface area contributed by atoms with Crippen LogP contribution in [0.1, 0.15) is 59.2 Å². The molecule has 4 rings (SSSR count). The lowest BCUT2D eigenvalue weighted by Crippen LogP contribution is -2.31. The van der Waals surface area contributed by atoms with Gasteiger partial charge in [0.1, 0.15) is 23.3 Å². The number of thiazole rings is 1. The van der Waals surface area contributed by atoms with Crippen LogP contribution in [0.25, 0.3) is 0 Å². The number of aryl methyl sites for hydroxylation is 1. The van der Waals surface area contributed by atoms with Gasteiger partial charge in [-0.3, -0.25) is 9.59 Å². The fourth-order valence-electron chi connectivity index (χ4n) is 4.04. The molecule has 38 heavy (non-hydrogen) atoms. The summed E-state index contributed by atoms with van der Waals surface area (Å²) in [5.74, 6) is 0.316. The number of benzene rings is 2. The van der Waals surface area contributed by atoms with Gasteiger partial charge in [-0.2, -0.15) is 0 Å². The summed E-state index contributed by atoms with van der Waals surface area (Å²) in [4.78, 5) is 43.2. The Balaban J connectivity index is 1.25. The first-order valence-electron chi connectivity index (χ1n) is 12.6. The predicted molar refractivity (Wildman–Crippen MR) is 145 cm³/mol. The van der Waals surface area contributed by atoms with Crippen LogP contribution in [-0.2, 0) is 16.1 Å². The Hall–Kier alpha value is -3.92. The van der Waals surface area contributed by atoms with Crippen molar-refractivity contribution in [3.05, 3.63) is 76.3 Å². The van der Waals surface area contributed by atoms with Crippen molar-refractivity contribution in [2.75, 3.05) is 18.4 Å². The van der Waals surface area contributed by atoms with Crippen LogP contribution in [0.2, 0.25) is 0 Å². The average Bonchev–Trinajstić information content (AvgIpc) is 3.54. The van der Waals surface area contributed by atoms with Gasteiger partial charge in [-0.05, 0) is 37.1 Å². The van der Waals surface area contributed by atoms with Crippen LogP contribution in [0.3, 0.4) is 0 Å². The second-order valence-corrected chi connectivity index (χ2v) is 10.1. The molecule has 0 aliphatic carbocycles. The maximum absolute atomic E-state index is 12.8. The third kappa shape index (κ3) is 7.10. The van der Waals surface area contributed by atoms with Gasteiger partial charge in [-0.1, -0.05) is 60.7 Å². The zero-order valence-corrected chi connectivity index (χ0v) is 22.5. The minimum absolute atomic E-state index is 0.112. The Labute approximate surface area is 226 Å². The highest BCUT2D eigenvalue weighted by molar-refractivity contribution is 7.17. The number of rotatable bonds is 9. The van der Waals surface area contributed by atoms with Gasteiger partial charge in [-0.15, -0.1) is 0 Å². The number of nitrogens with one attached hydrogen (secondary N) is 2. The minimum Gasteiger partial charge on any atom is -0.489 e. The molecule has 1 saturated heterocycles. The van der Waals surface area contributed by atoms with Crippen molar-refractivity contribution in [2.45, 2.75) is 52.4 Å². The zero-order chi connectivity index (χ0) is 27.1. The molecule has 1 aliphatic rings. The average molecular weight is 537 g/mol. The van der Waals surface area contributed by atoms with E-state index in [1.807, 2.05) is 61.5 Å². The number of likely N-dealkylation sites (tertiary alicyclic amines) is 1. The van der Waals surface area contributed by atoms with E-state index < -0.39 is 0 Å². The smallest absolute Gasteiger partial charge is 0.410 e. The number of anilines is 1. The van der Waals surface area contributed by atoms with Crippen molar-refractivity contribution >= 4 is 34.4 Å². The first-order valence-corrected chi connectivity index (χ1v) is 13.4.